The fourth-order valence-corrected chi connectivity index (χ4v) is 0.805. The van der Waals surface area contributed by atoms with E-state index in [-0.39, 0.29) is 18.6 Å². The van der Waals surface area contributed by atoms with Gasteiger partial charge in [0, 0.05) is 0 Å². The lowest BCUT2D eigenvalue weighted by atomic mass is 10.1. The van der Waals surface area contributed by atoms with Crippen LogP contribution in [0.3, 0.4) is 0 Å². The number of hydrogen-bond donors (Lipinski definition) is 1. The minimum absolute atomic E-state index is 0.123. The van der Waals surface area contributed by atoms with Crippen LogP contribution in [0.25, 0.3) is 0 Å². The quantitative estimate of drug-likeness (QED) is 0.694. The predicted molar refractivity (Wildman–Crippen MR) is 53.7 cm³/mol. The second-order valence-electron chi connectivity index (χ2n) is 3.90. The summed E-state index contributed by atoms with van der Waals surface area (Å²) in [6.45, 7) is 7.25. The van der Waals surface area contributed by atoms with Gasteiger partial charge in [-0.05, 0) is 19.4 Å². The van der Waals surface area contributed by atoms with Crippen LogP contribution < -0.4 is 5.32 Å². The molecule has 2 nitrogen and oxygen atoms in total. The first kappa shape index (κ1) is 13.8. The zero-order valence-corrected chi connectivity index (χ0v) is 9.44. The highest BCUT2D eigenvalue weighted by Crippen LogP contribution is 2.15. The Kier molecular flexibility index (Phi) is 6.20. The SMILES string of the molecule is CCNCC(F)(F)COC(C)C(C)C. The van der Waals surface area contributed by atoms with Crippen molar-refractivity contribution < 1.29 is 13.5 Å². The lowest BCUT2D eigenvalue weighted by Gasteiger charge is -2.21. The number of alkyl halides is 2. The summed E-state index contributed by atoms with van der Waals surface area (Å²) in [6.07, 6.45) is -0.123. The smallest absolute Gasteiger partial charge is 0.283 e. The highest BCUT2D eigenvalue weighted by Gasteiger charge is 2.29. The van der Waals surface area contributed by atoms with Crippen molar-refractivity contribution in [2.45, 2.75) is 39.7 Å². The molecule has 14 heavy (non-hydrogen) atoms. The third kappa shape index (κ3) is 6.27. The monoisotopic (exact) mass is 209 g/mol. The van der Waals surface area contributed by atoms with Crippen molar-refractivity contribution in [2.75, 3.05) is 19.7 Å². The number of hydrogen-bond acceptors (Lipinski definition) is 2. The molecule has 1 N–H and O–H groups in total. The summed E-state index contributed by atoms with van der Waals surface area (Å²) in [5, 5.41) is 2.61. The fourth-order valence-electron chi connectivity index (χ4n) is 0.805. The van der Waals surface area contributed by atoms with E-state index in [9.17, 15) is 8.78 Å². The van der Waals surface area contributed by atoms with Crippen LogP contribution in [0.2, 0.25) is 0 Å². The van der Waals surface area contributed by atoms with Crippen molar-refractivity contribution in [3.05, 3.63) is 0 Å². The summed E-state index contributed by atoms with van der Waals surface area (Å²) < 4.78 is 31.2. The lowest BCUT2D eigenvalue weighted by Crippen LogP contribution is -2.38. The molecule has 86 valence electrons. The van der Waals surface area contributed by atoms with Crippen molar-refractivity contribution in [1.29, 1.82) is 0 Å². The van der Waals surface area contributed by atoms with Crippen LogP contribution in [0.5, 0.6) is 0 Å². The molecule has 0 amide bonds. The van der Waals surface area contributed by atoms with E-state index in [0.29, 0.717) is 6.54 Å². The second-order valence-corrected chi connectivity index (χ2v) is 3.90. The summed E-state index contributed by atoms with van der Waals surface area (Å²) in [6, 6.07) is 0. The summed E-state index contributed by atoms with van der Waals surface area (Å²) in [7, 11) is 0. The molecule has 0 aromatic carbocycles. The molecule has 0 aromatic rings. The molecule has 0 saturated carbocycles. The Bertz CT molecular complexity index is 151. The van der Waals surface area contributed by atoms with E-state index in [4.69, 9.17) is 4.74 Å². The topological polar surface area (TPSA) is 21.3 Å². The molecule has 0 aliphatic heterocycles. The van der Waals surface area contributed by atoms with Crippen LogP contribution in [0.15, 0.2) is 0 Å². The molecule has 0 radical (unpaired) electrons. The highest BCUT2D eigenvalue weighted by molar-refractivity contribution is 4.69. The van der Waals surface area contributed by atoms with Gasteiger partial charge < -0.3 is 10.1 Å². The van der Waals surface area contributed by atoms with Gasteiger partial charge in [-0.3, -0.25) is 0 Å². The van der Waals surface area contributed by atoms with Gasteiger partial charge in [-0.2, -0.15) is 0 Å². The maximum Gasteiger partial charge on any atom is 0.283 e. The predicted octanol–water partition coefficient (Wildman–Crippen LogP) is 2.29. The Hall–Kier alpha value is -0.220. The van der Waals surface area contributed by atoms with Crippen LogP contribution in [-0.2, 0) is 4.74 Å². The first-order chi connectivity index (χ1) is 6.39. The van der Waals surface area contributed by atoms with E-state index in [0.717, 1.165) is 0 Å². The van der Waals surface area contributed by atoms with Crippen LogP contribution >= 0.6 is 0 Å². The Balaban J connectivity index is 3.74. The molecule has 1 unspecified atom stereocenters. The van der Waals surface area contributed by atoms with Crippen molar-refractivity contribution in [3.8, 4) is 0 Å². The first-order valence-corrected chi connectivity index (χ1v) is 5.09. The third-order valence-electron chi connectivity index (χ3n) is 2.13. The van der Waals surface area contributed by atoms with E-state index in [1.165, 1.54) is 0 Å². The molecule has 0 heterocycles. The maximum atomic E-state index is 13.0. The van der Waals surface area contributed by atoms with Gasteiger partial charge in [0.1, 0.15) is 6.61 Å². The zero-order valence-electron chi connectivity index (χ0n) is 9.44. The number of rotatable bonds is 7. The van der Waals surface area contributed by atoms with Gasteiger partial charge in [-0.1, -0.05) is 20.8 Å². The van der Waals surface area contributed by atoms with Crippen LogP contribution in [0.4, 0.5) is 8.78 Å². The Morgan fingerprint density at radius 2 is 1.86 bits per heavy atom. The van der Waals surface area contributed by atoms with Gasteiger partial charge in [0.15, 0.2) is 0 Å². The normalized spacial score (nSPS) is 14.8. The second kappa shape index (κ2) is 6.30. The molecule has 0 aromatic heterocycles. The summed E-state index contributed by atoms with van der Waals surface area (Å²) in [4.78, 5) is 0. The van der Waals surface area contributed by atoms with Crippen molar-refractivity contribution in [3.63, 3.8) is 0 Å². The number of nitrogens with one attached hydrogen (secondary N) is 1. The molecule has 0 aliphatic rings. The first-order valence-electron chi connectivity index (χ1n) is 5.09. The molecule has 0 aliphatic carbocycles. The van der Waals surface area contributed by atoms with E-state index < -0.39 is 12.5 Å². The van der Waals surface area contributed by atoms with E-state index in [1.54, 1.807) is 6.92 Å². The Labute approximate surface area is 85.0 Å². The highest BCUT2D eigenvalue weighted by atomic mass is 19.3. The molecular weight excluding hydrogens is 188 g/mol. The van der Waals surface area contributed by atoms with Gasteiger partial charge >= 0.3 is 0 Å². The molecule has 0 spiro atoms. The molecule has 0 rings (SSSR count). The molecule has 1 atom stereocenters. The largest absolute Gasteiger partial charge is 0.372 e. The number of halogens is 2. The average molecular weight is 209 g/mol. The van der Waals surface area contributed by atoms with Gasteiger partial charge in [-0.15, -0.1) is 0 Å². The average Bonchev–Trinajstić information content (AvgIpc) is 2.11. The summed E-state index contributed by atoms with van der Waals surface area (Å²) >= 11 is 0. The van der Waals surface area contributed by atoms with Gasteiger partial charge in [0.05, 0.1) is 12.6 Å². The summed E-state index contributed by atoms with van der Waals surface area (Å²) in [5.41, 5.74) is 0. The van der Waals surface area contributed by atoms with E-state index in [1.807, 2.05) is 20.8 Å². The van der Waals surface area contributed by atoms with Gasteiger partial charge in [0.25, 0.3) is 5.92 Å². The molecule has 0 fully saturated rings. The number of ether oxygens (including phenoxy) is 1. The lowest BCUT2D eigenvalue weighted by molar-refractivity contribution is -0.101. The van der Waals surface area contributed by atoms with Crippen molar-refractivity contribution in [2.24, 2.45) is 5.92 Å². The van der Waals surface area contributed by atoms with Crippen LogP contribution in [0.1, 0.15) is 27.7 Å². The molecule has 4 heteroatoms. The zero-order chi connectivity index (χ0) is 11.2. The molecule has 0 bridgehead atoms. The summed E-state index contributed by atoms with van der Waals surface area (Å²) in [5.74, 6) is -2.50. The third-order valence-corrected chi connectivity index (χ3v) is 2.13. The van der Waals surface area contributed by atoms with Crippen LogP contribution in [0, 0.1) is 5.92 Å². The minimum atomic E-state index is -2.76. The molecular formula is C10H21F2NO. The maximum absolute atomic E-state index is 13.0. The van der Waals surface area contributed by atoms with E-state index in [2.05, 4.69) is 5.32 Å². The van der Waals surface area contributed by atoms with E-state index >= 15 is 0 Å². The Morgan fingerprint density at radius 1 is 1.29 bits per heavy atom. The Morgan fingerprint density at radius 3 is 2.29 bits per heavy atom. The molecule has 0 saturated heterocycles. The van der Waals surface area contributed by atoms with Gasteiger partial charge in [-0.25, -0.2) is 8.78 Å². The van der Waals surface area contributed by atoms with Gasteiger partial charge in [0.2, 0.25) is 0 Å². The van der Waals surface area contributed by atoms with Crippen molar-refractivity contribution in [1.82, 2.24) is 5.32 Å². The fraction of sp³-hybridized carbons (Fsp3) is 1.00. The minimum Gasteiger partial charge on any atom is -0.372 e. The van der Waals surface area contributed by atoms with Crippen molar-refractivity contribution >= 4 is 0 Å². The van der Waals surface area contributed by atoms with Crippen LogP contribution in [-0.4, -0.2) is 31.7 Å². The standard InChI is InChI=1S/C10H21F2NO/c1-5-13-6-10(11,12)7-14-9(4)8(2)3/h8-9,13H,5-7H2,1-4H3.